The molecule has 1 aliphatic heterocycles. The molecule has 0 unspecified atom stereocenters. The van der Waals surface area contributed by atoms with Crippen molar-refractivity contribution in [3.8, 4) is 5.75 Å². The molecule has 0 saturated heterocycles. The molecule has 2 heteroatoms. The minimum atomic E-state index is -0.160. The molecule has 0 spiro atoms. The van der Waals surface area contributed by atoms with Crippen molar-refractivity contribution in [3.63, 3.8) is 0 Å². The Kier molecular flexibility index (Phi) is 2.74. The molecule has 3 aromatic carbocycles. The molecule has 21 heavy (non-hydrogen) atoms. The highest BCUT2D eigenvalue weighted by Gasteiger charge is 2.29. The third-order valence-corrected chi connectivity index (χ3v) is 4.07. The van der Waals surface area contributed by atoms with Gasteiger partial charge in [-0.05, 0) is 10.9 Å². The van der Waals surface area contributed by atoms with Crippen LogP contribution in [0.2, 0.25) is 0 Å². The number of esters is 1. The highest BCUT2D eigenvalue weighted by atomic mass is 16.5. The van der Waals surface area contributed by atoms with Crippen LogP contribution in [-0.4, -0.2) is 5.97 Å². The molecule has 0 radical (unpaired) electrons. The van der Waals surface area contributed by atoms with Gasteiger partial charge in [0.1, 0.15) is 5.75 Å². The summed E-state index contributed by atoms with van der Waals surface area (Å²) in [6, 6.07) is 22.4. The monoisotopic (exact) mass is 274 g/mol. The van der Waals surface area contributed by atoms with E-state index in [-0.39, 0.29) is 11.9 Å². The second kappa shape index (κ2) is 4.74. The predicted octanol–water partition coefficient (Wildman–Crippen LogP) is 4.28. The molecule has 0 fully saturated rings. The first-order valence-electron chi connectivity index (χ1n) is 7.10. The van der Waals surface area contributed by atoms with Crippen LogP contribution in [0.25, 0.3) is 10.8 Å². The SMILES string of the molecule is O=C1C[C@@H](c2ccccc2)c2ccc3ccccc3c2O1. The maximum absolute atomic E-state index is 12.0. The zero-order valence-corrected chi connectivity index (χ0v) is 11.5. The molecule has 102 valence electrons. The van der Waals surface area contributed by atoms with E-state index in [0.717, 1.165) is 27.6 Å². The normalized spacial score (nSPS) is 17.3. The van der Waals surface area contributed by atoms with E-state index in [1.807, 2.05) is 42.5 Å². The van der Waals surface area contributed by atoms with Gasteiger partial charge in [-0.2, -0.15) is 0 Å². The Bertz CT molecular complexity index is 821. The minimum absolute atomic E-state index is 0.0760. The Balaban J connectivity index is 1.95. The number of hydrogen-bond donors (Lipinski definition) is 0. The van der Waals surface area contributed by atoms with Gasteiger partial charge in [0.25, 0.3) is 0 Å². The Morgan fingerprint density at radius 3 is 2.48 bits per heavy atom. The fourth-order valence-corrected chi connectivity index (χ4v) is 3.06. The zero-order valence-electron chi connectivity index (χ0n) is 11.5. The van der Waals surface area contributed by atoms with E-state index in [4.69, 9.17) is 4.74 Å². The lowest BCUT2D eigenvalue weighted by Crippen LogP contribution is -2.21. The fraction of sp³-hybridized carbons (Fsp3) is 0.105. The van der Waals surface area contributed by atoms with Gasteiger partial charge in [0.15, 0.2) is 0 Å². The van der Waals surface area contributed by atoms with Crippen LogP contribution in [0.3, 0.4) is 0 Å². The van der Waals surface area contributed by atoms with Crippen LogP contribution in [0.5, 0.6) is 5.75 Å². The van der Waals surface area contributed by atoms with Crippen molar-refractivity contribution in [1.82, 2.24) is 0 Å². The van der Waals surface area contributed by atoms with Gasteiger partial charge in [-0.15, -0.1) is 0 Å². The number of benzene rings is 3. The van der Waals surface area contributed by atoms with Crippen molar-refractivity contribution >= 4 is 16.7 Å². The topological polar surface area (TPSA) is 26.3 Å². The quantitative estimate of drug-likeness (QED) is 0.489. The van der Waals surface area contributed by atoms with Crippen LogP contribution in [-0.2, 0) is 4.79 Å². The second-order valence-electron chi connectivity index (χ2n) is 5.35. The third-order valence-electron chi connectivity index (χ3n) is 4.07. The first kappa shape index (κ1) is 12.2. The molecular weight excluding hydrogens is 260 g/mol. The molecule has 0 aliphatic carbocycles. The van der Waals surface area contributed by atoms with Gasteiger partial charge in [0.05, 0.1) is 6.42 Å². The summed E-state index contributed by atoms with van der Waals surface area (Å²) in [5.41, 5.74) is 2.25. The average Bonchev–Trinajstić information content (AvgIpc) is 2.55. The standard InChI is InChI=1S/C19H14O2/c20-18-12-17(13-6-2-1-3-7-13)16-11-10-14-8-4-5-9-15(14)19(16)21-18/h1-11,17H,12H2/t17-/m0/s1. The maximum Gasteiger partial charge on any atom is 0.312 e. The Morgan fingerprint density at radius 2 is 1.62 bits per heavy atom. The van der Waals surface area contributed by atoms with Crippen LogP contribution in [0.15, 0.2) is 66.7 Å². The van der Waals surface area contributed by atoms with Crippen LogP contribution >= 0.6 is 0 Å². The zero-order chi connectivity index (χ0) is 14.2. The highest BCUT2D eigenvalue weighted by molar-refractivity contribution is 5.93. The van der Waals surface area contributed by atoms with Crippen LogP contribution < -0.4 is 4.74 Å². The van der Waals surface area contributed by atoms with Crippen molar-refractivity contribution in [3.05, 3.63) is 77.9 Å². The number of ether oxygens (including phenoxy) is 1. The van der Waals surface area contributed by atoms with Gasteiger partial charge in [-0.3, -0.25) is 4.79 Å². The molecule has 0 aromatic heterocycles. The lowest BCUT2D eigenvalue weighted by Gasteiger charge is -2.26. The van der Waals surface area contributed by atoms with Gasteiger partial charge in [-0.1, -0.05) is 66.7 Å². The number of hydrogen-bond acceptors (Lipinski definition) is 2. The molecule has 1 heterocycles. The molecule has 0 bridgehead atoms. The molecule has 3 aromatic rings. The van der Waals surface area contributed by atoms with Crippen LogP contribution in [0.4, 0.5) is 0 Å². The van der Waals surface area contributed by atoms with Gasteiger partial charge in [0, 0.05) is 16.9 Å². The minimum Gasteiger partial charge on any atom is -0.426 e. The van der Waals surface area contributed by atoms with Crippen LogP contribution in [0, 0.1) is 0 Å². The molecule has 0 saturated carbocycles. The van der Waals surface area contributed by atoms with E-state index in [9.17, 15) is 4.79 Å². The van der Waals surface area contributed by atoms with E-state index in [1.165, 1.54) is 0 Å². The molecule has 0 amide bonds. The van der Waals surface area contributed by atoms with Crippen molar-refractivity contribution in [2.24, 2.45) is 0 Å². The molecule has 4 rings (SSSR count). The van der Waals surface area contributed by atoms with E-state index in [0.29, 0.717) is 6.42 Å². The number of rotatable bonds is 1. The summed E-state index contributed by atoms with van der Waals surface area (Å²) in [6.45, 7) is 0. The lowest BCUT2D eigenvalue weighted by molar-refractivity contribution is -0.135. The van der Waals surface area contributed by atoms with E-state index >= 15 is 0 Å². The molecule has 0 N–H and O–H groups in total. The summed E-state index contributed by atoms with van der Waals surface area (Å²) in [7, 11) is 0. The highest BCUT2D eigenvalue weighted by Crippen LogP contribution is 2.42. The van der Waals surface area contributed by atoms with E-state index in [1.54, 1.807) is 0 Å². The fourth-order valence-electron chi connectivity index (χ4n) is 3.06. The predicted molar refractivity (Wildman–Crippen MR) is 82.5 cm³/mol. The summed E-state index contributed by atoms with van der Waals surface area (Å²) < 4.78 is 5.56. The smallest absolute Gasteiger partial charge is 0.312 e. The Hall–Kier alpha value is -2.61. The van der Waals surface area contributed by atoms with Gasteiger partial charge in [-0.25, -0.2) is 0 Å². The van der Waals surface area contributed by atoms with E-state index < -0.39 is 0 Å². The summed E-state index contributed by atoms with van der Waals surface area (Å²) in [4.78, 5) is 12.0. The maximum atomic E-state index is 12.0. The first-order valence-corrected chi connectivity index (χ1v) is 7.10. The van der Waals surface area contributed by atoms with Crippen molar-refractivity contribution < 1.29 is 9.53 Å². The van der Waals surface area contributed by atoms with Gasteiger partial charge in [0.2, 0.25) is 0 Å². The van der Waals surface area contributed by atoms with Gasteiger partial charge < -0.3 is 4.74 Å². The van der Waals surface area contributed by atoms with Crippen molar-refractivity contribution in [1.29, 1.82) is 0 Å². The largest absolute Gasteiger partial charge is 0.426 e. The number of carbonyl (C=O) groups is 1. The molecular formula is C19H14O2. The van der Waals surface area contributed by atoms with E-state index in [2.05, 4.69) is 24.3 Å². The van der Waals surface area contributed by atoms with Crippen molar-refractivity contribution in [2.45, 2.75) is 12.3 Å². The summed E-state index contributed by atoms with van der Waals surface area (Å²) in [5, 5.41) is 2.10. The molecule has 1 atom stereocenters. The lowest BCUT2D eigenvalue weighted by atomic mass is 9.85. The second-order valence-corrected chi connectivity index (χ2v) is 5.35. The summed E-state index contributed by atoms with van der Waals surface area (Å²) in [6.07, 6.45) is 0.398. The summed E-state index contributed by atoms with van der Waals surface area (Å²) in [5.74, 6) is 0.637. The van der Waals surface area contributed by atoms with Gasteiger partial charge >= 0.3 is 5.97 Å². The summed E-state index contributed by atoms with van der Waals surface area (Å²) >= 11 is 0. The average molecular weight is 274 g/mol. The van der Waals surface area contributed by atoms with Crippen molar-refractivity contribution in [2.75, 3.05) is 0 Å². The Morgan fingerprint density at radius 1 is 0.857 bits per heavy atom. The molecule has 1 aliphatic rings. The first-order chi connectivity index (χ1) is 10.3. The molecule has 2 nitrogen and oxygen atoms in total. The number of fused-ring (bicyclic) bond motifs is 3. The van der Waals surface area contributed by atoms with Crippen LogP contribution in [0.1, 0.15) is 23.5 Å². The third kappa shape index (κ3) is 2.00. The number of carbonyl (C=O) groups excluding carboxylic acids is 1. The Labute approximate surface area is 123 Å².